The van der Waals surface area contributed by atoms with Crippen molar-refractivity contribution in [2.75, 3.05) is 0 Å². The lowest BCUT2D eigenvalue weighted by atomic mass is 10.0. The maximum absolute atomic E-state index is 13.6. The summed E-state index contributed by atoms with van der Waals surface area (Å²) in [6.07, 6.45) is 0.116. The lowest BCUT2D eigenvalue weighted by Gasteiger charge is -2.30. The van der Waals surface area contributed by atoms with Gasteiger partial charge in [0.15, 0.2) is 0 Å². The second-order valence-corrected chi connectivity index (χ2v) is 8.92. The highest BCUT2D eigenvalue weighted by molar-refractivity contribution is 7.89. The maximum atomic E-state index is 13.6. The first kappa shape index (κ1) is 21.7. The average Bonchev–Trinajstić information content (AvgIpc) is 2.77. The SMILES string of the molecule is Cc1ccc(S(=O)(=O)N(Cc2ccccc2)[C@@H](Cc2ccccc2)C(=O)NO)cc1. The van der Waals surface area contributed by atoms with E-state index in [1.165, 1.54) is 12.1 Å². The van der Waals surface area contributed by atoms with Crippen LogP contribution in [0.4, 0.5) is 0 Å². The molecule has 3 aromatic rings. The molecule has 6 nitrogen and oxygen atoms in total. The molecule has 0 bridgehead atoms. The first-order chi connectivity index (χ1) is 14.4. The summed E-state index contributed by atoms with van der Waals surface area (Å²) >= 11 is 0. The Bertz CT molecular complexity index is 1070. The van der Waals surface area contributed by atoms with Crippen molar-refractivity contribution < 1.29 is 18.4 Å². The zero-order chi connectivity index (χ0) is 21.6. The van der Waals surface area contributed by atoms with Crippen molar-refractivity contribution in [2.45, 2.75) is 30.8 Å². The quantitative estimate of drug-likeness (QED) is 0.429. The van der Waals surface area contributed by atoms with Crippen LogP contribution in [0.15, 0.2) is 89.8 Å². The minimum absolute atomic E-state index is 0.0119. The number of hydroxylamine groups is 1. The Morgan fingerprint density at radius 3 is 1.97 bits per heavy atom. The van der Waals surface area contributed by atoms with E-state index in [9.17, 15) is 18.4 Å². The number of amides is 1. The van der Waals surface area contributed by atoms with Gasteiger partial charge < -0.3 is 0 Å². The standard InChI is InChI=1S/C23H24N2O4S/c1-18-12-14-21(15-13-18)30(28,29)25(17-20-10-6-3-7-11-20)22(23(26)24-27)16-19-8-4-2-5-9-19/h2-15,22,27H,16-17H2,1H3,(H,24,26)/t22-/m0/s1. The predicted octanol–water partition coefficient (Wildman–Crippen LogP) is 3.30. The molecule has 3 rings (SSSR count). The van der Waals surface area contributed by atoms with Crippen molar-refractivity contribution >= 4 is 15.9 Å². The molecule has 1 atom stereocenters. The number of benzene rings is 3. The van der Waals surface area contributed by atoms with Crippen LogP contribution < -0.4 is 5.48 Å². The molecule has 0 aliphatic rings. The Balaban J connectivity index is 2.07. The van der Waals surface area contributed by atoms with Gasteiger partial charge in [0.25, 0.3) is 5.91 Å². The summed E-state index contributed by atoms with van der Waals surface area (Å²) in [6, 6.07) is 23.5. The van der Waals surface area contributed by atoms with Crippen LogP contribution in [-0.4, -0.2) is 29.9 Å². The molecule has 0 radical (unpaired) electrons. The Hall–Kier alpha value is -3.00. The molecular weight excluding hydrogens is 400 g/mol. The molecule has 0 spiro atoms. The van der Waals surface area contributed by atoms with Gasteiger partial charge in [-0.3, -0.25) is 10.0 Å². The fraction of sp³-hybridized carbons (Fsp3) is 0.174. The van der Waals surface area contributed by atoms with Gasteiger partial charge in [0.1, 0.15) is 6.04 Å². The van der Waals surface area contributed by atoms with Crippen molar-refractivity contribution in [1.82, 2.24) is 9.79 Å². The number of carbonyl (C=O) groups is 1. The number of rotatable bonds is 8. The lowest BCUT2D eigenvalue weighted by Crippen LogP contribution is -2.49. The largest absolute Gasteiger partial charge is 0.289 e. The van der Waals surface area contributed by atoms with Gasteiger partial charge in [-0.25, -0.2) is 13.9 Å². The Morgan fingerprint density at radius 2 is 1.43 bits per heavy atom. The molecule has 0 saturated heterocycles. The van der Waals surface area contributed by atoms with Gasteiger partial charge in [-0.15, -0.1) is 0 Å². The van der Waals surface area contributed by atoms with E-state index in [-0.39, 0.29) is 17.9 Å². The lowest BCUT2D eigenvalue weighted by molar-refractivity contribution is -0.133. The van der Waals surface area contributed by atoms with Crippen molar-refractivity contribution in [3.8, 4) is 0 Å². The van der Waals surface area contributed by atoms with Crippen molar-refractivity contribution in [1.29, 1.82) is 0 Å². The highest BCUT2D eigenvalue weighted by atomic mass is 32.2. The number of nitrogens with zero attached hydrogens (tertiary/aromatic N) is 1. The minimum atomic E-state index is -4.03. The maximum Gasteiger partial charge on any atom is 0.262 e. The van der Waals surface area contributed by atoms with E-state index in [4.69, 9.17) is 0 Å². The van der Waals surface area contributed by atoms with Crippen LogP contribution in [0.3, 0.4) is 0 Å². The molecule has 1 amide bonds. The first-order valence-corrected chi connectivity index (χ1v) is 11.0. The predicted molar refractivity (Wildman–Crippen MR) is 114 cm³/mol. The van der Waals surface area contributed by atoms with Gasteiger partial charge >= 0.3 is 0 Å². The molecule has 0 saturated carbocycles. The van der Waals surface area contributed by atoms with Gasteiger partial charge in [0.2, 0.25) is 10.0 Å². The van der Waals surface area contributed by atoms with E-state index in [1.807, 2.05) is 55.5 Å². The number of nitrogens with one attached hydrogen (secondary N) is 1. The third-order valence-electron chi connectivity index (χ3n) is 4.84. The smallest absolute Gasteiger partial charge is 0.262 e. The Kier molecular flexibility index (Phi) is 6.99. The molecule has 7 heteroatoms. The Morgan fingerprint density at radius 1 is 0.900 bits per heavy atom. The number of aryl methyl sites for hydroxylation is 1. The second kappa shape index (κ2) is 9.67. The Labute approximate surface area is 176 Å². The molecule has 0 aliphatic heterocycles. The summed E-state index contributed by atoms with van der Waals surface area (Å²) in [6.45, 7) is 1.86. The fourth-order valence-corrected chi connectivity index (χ4v) is 4.78. The molecule has 156 valence electrons. The molecule has 0 fully saturated rings. The van der Waals surface area contributed by atoms with Crippen LogP contribution >= 0.6 is 0 Å². The number of hydrogen-bond acceptors (Lipinski definition) is 4. The third kappa shape index (κ3) is 5.13. The molecule has 0 aromatic heterocycles. The highest BCUT2D eigenvalue weighted by Crippen LogP contribution is 2.24. The van der Waals surface area contributed by atoms with Crippen molar-refractivity contribution in [3.63, 3.8) is 0 Å². The summed E-state index contributed by atoms with van der Waals surface area (Å²) in [5.41, 5.74) is 4.08. The van der Waals surface area contributed by atoms with E-state index in [1.54, 1.807) is 29.7 Å². The molecule has 30 heavy (non-hydrogen) atoms. The summed E-state index contributed by atoms with van der Waals surface area (Å²) < 4.78 is 28.3. The summed E-state index contributed by atoms with van der Waals surface area (Å²) in [5.74, 6) is -0.787. The molecule has 2 N–H and O–H groups in total. The molecule has 3 aromatic carbocycles. The first-order valence-electron chi connectivity index (χ1n) is 9.52. The van der Waals surface area contributed by atoms with E-state index >= 15 is 0 Å². The summed E-state index contributed by atoms with van der Waals surface area (Å²) in [4.78, 5) is 12.7. The summed E-state index contributed by atoms with van der Waals surface area (Å²) in [5, 5.41) is 9.35. The van der Waals surface area contributed by atoms with E-state index in [0.717, 1.165) is 21.0 Å². The topological polar surface area (TPSA) is 86.7 Å². The van der Waals surface area contributed by atoms with E-state index in [0.29, 0.717) is 0 Å². The van der Waals surface area contributed by atoms with E-state index < -0.39 is 22.0 Å². The minimum Gasteiger partial charge on any atom is -0.289 e. The second-order valence-electron chi connectivity index (χ2n) is 7.03. The highest BCUT2D eigenvalue weighted by Gasteiger charge is 2.36. The molecular formula is C23H24N2O4S. The van der Waals surface area contributed by atoms with Crippen molar-refractivity contribution in [2.24, 2.45) is 0 Å². The monoisotopic (exact) mass is 424 g/mol. The average molecular weight is 425 g/mol. The van der Waals surface area contributed by atoms with E-state index in [2.05, 4.69) is 0 Å². The fourth-order valence-electron chi connectivity index (χ4n) is 3.21. The van der Waals surface area contributed by atoms with Crippen LogP contribution in [-0.2, 0) is 27.8 Å². The van der Waals surface area contributed by atoms with Crippen LogP contribution in [0.2, 0.25) is 0 Å². The summed E-state index contributed by atoms with van der Waals surface area (Å²) in [7, 11) is -4.03. The van der Waals surface area contributed by atoms with Crippen LogP contribution in [0.1, 0.15) is 16.7 Å². The number of hydrogen-bond donors (Lipinski definition) is 2. The zero-order valence-electron chi connectivity index (χ0n) is 16.6. The van der Waals surface area contributed by atoms with Crippen LogP contribution in [0.25, 0.3) is 0 Å². The van der Waals surface area contributed by atoms with Crippen LogP contribution in [0.5, 0.6) is 0 Å². The van der Waals surface area contributed by atoms with Crippen LogP contribution in [0, 0.1) is 6.92 Å². The van der Waals surface area contributed by atoms with Gasteiger partial charge in [0, 0.05) is 6.54 Å². The van der Waals surface area contributed by atoms with Crippen molar-refractivity contribution in [3.05, 3.63) is 102 Å². The third-order valence-corrected chi connectivity index (χ3v) is 6.71. The zero-order valence-corrected chi connectivity index (χ0v) is 17.4. The molecule has 0 heterocycles. The molecule has 0 aliphatic carbocycles. The van der Waals surface area contributed by atoms with Gasteiger partial charge in [-0.2, -0.15) is 4.31 Å². The number of carbonyl (C=O) groups excluding carboxylic acids is 1. The number of sulfonamides is 1. The van der Waals surface area contributed by atoms with Gasteiger partial charge in [-0.05, 0) is 36.6 Å². The normalized spacial score (nSPS) is 12.5. The van der Waals surface area contributed by atoms with Gasteiger partial charge in [-0.1, -0.05) is 78.4 Å². The van der Waals surface area contributed by atoms with Gasteiger partial charge in [0.05, 0.1) is 4.90 Å². The molecule has 0 unspecified atom stereocenters.